The summed E-state index contributed by atoms with van der Waals surface area (Å²) in [5, 5.41) is 26.8. The van der Waals surface area contributed by atoms with E-state index in [0.717, 1.165) is 0 Å². The van der Waals surface area contributed by atoms with Crippen LogP contribution in [-0.2, 0) is 4.79 Å². The van der Waals surface area contributed by atoms with Crippen molar-refractivity contribution in [2.45, 2.75) is 13.0 Å². The predicted octanol–water partition coefficient (Wildman–Crippen LogP) is 4.60. The highest BCUT2D eigenvalue weighted by Crippen LogP contribution is 2.32. The first-order chi connectivity index (χ1) is 15.0. The molecule has 1 aliphatic rings. The van der Waals surface area contributed by atoms with Crippen molar-refractivity contribution in [1.82, 2.24) is 4.98 Å². The lowest BCUT2D eigenvalue weighted by molar-refractivity contribution is -0.384. The van der Waals surface area contributed by atoms with E-state index in [-0.39, 0.29) is 11.6 Å². The number of aromatic nitrogens is 1. The number of anilines is 1. The molecule has 2 aromatic carbocycles. The minimum Gasteiger partial charge on any atom is -0.497 e. The number of rotatable bonds is 6. The van der Waals surface area contributed by atoms with Crippen LogP contribution in [0.3, 0.4) is 0 Å². The van der Waals surface area contributed by atoms with Crippen LogP contribution in [0.1, 0.15) is 6.92 Å². The Morgan fingerprint density at radius 3 is 2.71 bits per heavy atom. The van der Waals surface area contributed by atoms with Crippen molar-refractivity contribution in [2.24, 2.45) is 15.3 Å². The SMILES string of the molecule is COc1ccc(N=N[C@H]2C(=O)N(c3nc(-c4cccc([N+](=O)[O-])c4)cs3)N=C2C)cc1. The molecule has 0 unspecified atom stereocenters. The van der Waals surface area contributed by atoms with Crippen LogP contribution in [0.5, 0.6) is 5.75 Å². The van der Waals surface area contributed by atoms with Gasteiger partial charge in [-0.3, -0.25) is 14.9 Å². The normalized spacial score (nSPS) is 16.1. The minimum atomic E-state index is -0.840. The molecule has 1 amide bonds. The molecule has 0 fully saturated rings. The Kier molecular flexibility index (Phi) is 5.50. The fraction of sp³-hybridized carbons (Fsp3) is 0.150. The average molecular weight is 436 g/mol. The van der Waals surface area contributed by atoms with Gasteiger partial charge in [0.25, 0.3) is 11.6 Å². The van der Waals surface area contributed by atoms with Crippen molar-refractivity contribution in [3.05, 3.63) is 64.0 Å². The Labute approximate surface area is 180 Å². The second kappa shape index (κ2) is 8.40. The fourth-order valence-corrected chi connectivity index (χ4v) is 3.66. The Hall–Kier alpha value is -3.99. The van der Waals surface area contributed by atoms with Gasteiger partial charge >= 0.3 is 0 Å². The number of nitro groups is 1. The summed E-state index contributed by atoms with van der Waals surface area (Å²) < 4.78 is 5.11. The van der Waals surface area contributed by atoms with E-state index in [1.165, 1.54) is 28.5 Å². The van der Waals surface area contributed by atoms with Gasteiger partial charge in [0.05, 0.1) is 29.1 Å². The maximum absolute atomic E-state index is 12.8. The average Bonchev–Trinajstić information content (AvgIpc) is 3.37. The van der Waals surface area contributed by atoms with Crippen molar-refractivity contribution in [3.63, 3.8) is 0 Å². The number of benzene rings is 2. The lowest BCUT2D eigenvalue weighted by Crippen LogP contribution is -2.29. The van der Waals surface area contributed by atoms with Crippen molar-refractivity contribution in [1.29, 1.82) is 0 Å². The zero-order chi connectivity index (χ0) is 22.0. The maximum Gasteiger partial charge on any atom is 0.282 e. The Bertz CT molecular complexity index is 1200. The van der Waals surface area contributed by atoms with Gasteiger partial charge in [0.1, 0.15) is 5.75 Å². The third-order valence-electron chi connectivity index (χ3n) is 4.48. The summed E-state index contributed by atoms with van der Waals surface area (Å²) >= 11 is 1.21. The van der Waals surface area contributed by atoms with E-state index in [2.05, 4.69) is 20.3 Å². The van der Waals surface area contributed by atoms with Gasteiger partial charge in [-0.2, -0.15) is 20.3 Å². The molecule has 156 valence electrons. The van der Waals surface area contributed by atoms with Gasteiger partial charge in [-0.25, -0.2) is 4.98 Å². The molecule has 0 saturated heterocycles. The topological polar surface area (TPSA) is 123 Å². The second-order valence-electron chi connectivity index (χ2n) is 6.53. The van der Waals surface area contributed by atoms with E-state index in [4.69, 9.17) is 4.74 Å². The number of methoxy groups -OCH3 is 1. The van der Waals surface area contributed by atoms with Gasteiger partial charge in [-0.1, -0.05) is 12.1 Å². The number of carbonyl (C=O) groups excluding carboxylic acids is 1. The first-order valence-electron chi connectivity index (χ1n) is 9.10. The summed E-state index contributed by atoms with van der Waals surface area (Å²) in [7, 11) is 1.57. The standard InChI is InChI=1S/C20H16N6O4S/c1-12-18(23-22-14-6-8-16(30-2)9-7-14)19(27)25(24-12)20-21-17(11-31-20)13-4-3-5-15(10-13)26(28)29/h3-11,18H,1-2H3/t18-/m1/s1. The predicted molar refractivity (Wildman–Crippen MR) is 116 cm³/mol. The Balaban J connectivity index is 1.52. The number of nitro benzene ring substituents is 1. The number of nitrogens with zero attached hydrogens (tertiary/aromatic N) is 6. The summed E-state index contributed by atoms with van der Waals surface area (Å²) in [5.41, 5.74) is 2.15. The summed E-state index contributed by atoms with van der Waals surface area (Å²) in [5.74, 6) is 0.331. The lowest BCUT2D eigenvalue weighted by Gasteiger charge is -2.08. The Morgan fingerprint density at radius 1 is 1.23 bits per heavy atom. The van der Waals surface area contributed by atoms with E-state index in [1.54, 1.807) is 55.8 Å². The third kappa shape index (κ3) is 4.16. The first kappa shape index (κ1) is 20.3. The highest BCUT2D eigenvalue weighted by atomic mass is 32.1. The molecule has 0 radical (unpaired) electrons. The van der Waals surface area contributed by atoms with Crippen LogP contribution < -0.4 is 9.75 Å². The quantitative estimate of drug-likeness (QED) is 0.317. The van der Waals surface area contributed by atoms with E-state index < -0.39 is 11.0 Å². The number of hydrogen-bond acceptors (Lipinski definition) is 9. The molecule has 3 aromatic rings. The number of non-ortho nitro benzene ring substituents is 1. The number of azo groups is 1. The van der Waals surface area contributed by atoms with E-state index in [9.17, 15) is 14.9 Å². The highest BCUT2D eigenvalue weighted by Gasteiger charge is 2.36. The molecule has 31 heavy (non-hydrogen) atoms. The van der Waals surface area contributed by atoms with E-state index >= 15 is 0 Å². The molecular weight excluding hydrogens is 420 g/mol. The van der Waals surface area contributed by atoms with Crippen LogP contribution in [0, 0.1) is 10.1 Å². The van der Waals surface area contributed by atoms with Crippen LogP contribution in [0.25, 0.3) is 11.3 Å². The molecule has 0 N–H and O–H groups in total. The van der Waals surface area contributed by atoms with Crippen LogP contribution in [0.2, 0.25) is 0 Å². The molecule has 0 bridgehead atoms. The first-order valence-corrected chi connectivity index (χ1v) is 9.98. The van der Waals surface area contributed by atoms with Gasteiger partial charge in [-0.05, 0) is 31.2 Å². The molecule has 1 aromatic heterocycles. The lowest BCUT2D eigenvalue weighted by atomic mass is 10.1. The highest BCUT2D eigenvalue weighted by molar-refractivity contribution is 7.14. The third-order valence-corrected chi connectivity index (χ3v) is 5.30. The molecule has 2 heterocycles. The summed E-state index contributed by atoms with van der Waals surface area (Å²) in [4.78, 5) is 27.8. The molecule has 1 aliphatic heterocycles. The van der Waals surface area contributed by atoms with Crippen molar-refractivity contribution in [3.8, 4) is 17.0 Å². The van der Waals surface area contributed by atoms with Gasteiger partial charge in [-0.15, -0.1) is 11.3 Å². The largest absolute Gasteiger partial charge is 0.497 e. The van der Waals surface area contributed by atoms with Gasteiger partial charge in [0, 0.05) is 23.1 Å². The van der Waals surface area contributed by atoms with Gasteiger partial charge in [0.2, 0.25) is 5.13 Å². The zero-order valence-electron chi connectivity index (χ0n) is 16.5. The molecule has 4 rings (SSSR count). The summed E-state index contributed by atoms with van der Waals surface area (Å²) in [6.45, 7) is 1.70. The molecule has 11 heteroatoms. The zero-order valence-corrected chi connectivity index (χ0v) is 17.3. The molecule has 0 saturated carbocycles. The monoisotopic (exact) mass is 436 g/mol. The number of hydrogen-bond donors (Lipinski definition) is 0. The van der Waals surface area contributed by atoms with Gasteiger partial charge in [0.15, 0.2) is 6.04 Å². The van der Waals surface area contributed by atoms with Crippen LogP contribution in [-0.4, -0.2) is 34.7 Å². The van der Waals surface area contributed by atoms with Crippen LogP contribution in [0.4, 0.5) is 16.5 Å². The van der Waals surface area contributed by atoms with Gasteiger partial charge < -0.3 is 4.74 Å². The number of ether oxygens (including phenoxy) is 1. The summed E-state index contributed by atoms with van der Waals surface area (Å²) in [6, 6.07) is 12.3. The number of thiazole rings is 1. The number of carbonyl (C=O) groups is 1. The fourth-order valence-electron chi connectivity index (χ4n) is 2.87. The molecule has 10 nitrogen and oxygen atoms in total. The smallest absolute Gasteiger partial charge is 0.282 e. The molecule has 1 atom stereocenters. The minimum absolute atomic E-state index is 0.0304. The van der Waals surface area contributed by atoms with E-state index in [1.807, 2.05) is 0 Å². The number of amides is 1. The maximum atomic E-state index is 12.8. The molecule has 0 spiro atoms. The van der Waals surface area contributed by atoms with Crippen molar-refractivity contribution in [2.75, 3.05) is 12.1 Å². The van der Waals surface area contributed by atoms with Crippen molar-refractivity contribution < 1.29 is 14.5 Å². The number of hydrazone groups is 1. The van der Waals surface area contributed by atoms with Crippen LogP contribution >= 0.6 is 11.3 Å². The van der Waals surface area contributed by atoms with Crippen LogP contribution in [0.15, 0.2) is 69.2 Å². The van der Waals surface area contributed by atoms with Crippen molar-refractivity contribution >= 4 is 39.5 Å². The Morgan fingerprint density at radius 2 is 2.00 bits per heavy atom. The van der Waals surface area contributed by atoms with E-state index in [0.29, 0.717) is 33.5 Å². The second-order valence-corrected chi connectivity index (χ2v) is 7.37. The molecular formula is C20H16N6O4S. The molecule has 0 aliphatic carbocycles. The summed E-state index contributed by atoms with van der Waals surface area (Å²) in [6.07, 6.45) is 0.